The number of hydrogen-bond donors (Lipinski definition) is 2. The summed E-state index contributed by atoms with van der Waals surface area (Å²) in [5, 5.41) is 14.1. The Bertz CT molecular complexity index is 498. The molecule has 100 valence electrons. The third kappa shape index (κ3) is 3.00. The zero-order valence-electron chi connectivity index (χ0n) is 8.88. The largest absolute Gasteiger partial charge is 0.476 e. The first-order chi connectivity index (χ1) is 8.14. The minimum absolute atomic E-state index is 0.00694. The Kier molecular flexibility index (Phi) is 3.99. The molecule has 0 saturated carbocycles. The van der Waals surface area contributed by atoms with Gasteiger partial charge in [-0.05, 0) is 15.9 Å². The van der Waals surface area contributed by atoms with E-state index in [1.54, 1.807) is 5.32 Å². The molecule has 0 saturated heterocycles. The third-order valence-corrected chi connectivity index (χ3v) is 2.77. The van der Waals surface area contributed by atoms with Crippen molar-refractivity contribution in [2.24, 2.45) is 7.05 Å². The molecule has 1 amide bonds. The quantitative estimate of drug-likeness (QED) is 0.868. The Balaban J connectivity index is 2.85. The number of carboxylic acid groups (broad SMARTS) is 1. The van der Waals surface area contributed by atoms with E-state index >= 15 is 0 Å². The van der Waals surface area contributed by atoms with Crippen molar-refractivity contribution < 1.29 is 27.9 Å². The van der Waals surface area contributed by atoms with Crippen LogP contribution in [0.2, 0.25) is 0 Å². The highest BCUT2D eigenvalue weighted by atomic mass is 79.9. The van der Waals surface area contributed by atoms with E-state index in [0.29, 0.717) is 0 Å². The number of halogens is 4. The fourth-order valence-electron chi connectivity index (χ4n) is 1.16. The summed E-state index contributed by atoms with van der Waals surface area (Å²) >= 11 is 2.91. The molecular formula is C8H7BrF3N3O3. The first kappa shape index (κ1) is 14.5. The van der Waals surface area contributed by atoms with Crippen molar-refractivity contribution in [3.05, 3.63) is 15.9 Å². The number of aromatic carboxylic acids is 1. The fraction of sp³-hybridized carbons (Fsp3) is 0.375. The van der Waals surface area contributed by atoms with Crippen molar-refractivity contribution in [2.75, 3.05) is 0 Å². The van der Waals surface area contributed by atoms with Crippen LogP contribution >= 0.6 is 15.9 Å². The predicted octanol–water partition coefficient (Wildman–Crippen LogP) is 1.06. The van der Waals surface area contributed by atoms with Gasteiger partial charge in [0, 0.05) is 7.05 Å². The Labute approximate surface area is 107 Å². The second kappa shape index (κ2) is 4.96. The van der Waals surface area contributed by atoms with Gasteiger partial charge >= 0.3 is 18.1 Å². The molecule has 10 heteroatoms. The minimum Gasteiger partial charge on any atom is -0.476 e. The summed E-state index contributed by atoms with van der Waals surface area (Å²) in [5.41, 5.74) is -0.223. The summed E-state index contributed by atoms with van der Waals surface area (Å²) in [7, 11) is 1.32. The van der Waals surface area contributed by atoms with E-state index in [2.05, 4.69) is 21.0 Å². The average molecular weight is 330 g/mol. The second-order valence-corrected chi connectivity index (χ2v) is 4.01. The molecule has 0 fully saturated rings. The summed E-state index contributed by atoms with van der Waals surface area (Å²) in [6.07, 6.45) is -4.99. The van der Waals surface area contributed by atoms with Crippen LogP contribution in [0.4, 0.5) is 13.2 Å². The standard InChI is InChI=1S/C8H7BrF3N3O3/c1-15-5(6(16)17)4(9)3(14-15)2-13-7(18)8(10,11)12/h2H2,1H3,(H,13,18)(H,16,17). The Morgan fingerprint density at radius 2 is 2.06 bits per heavy atom. The van der Waals surface area contributed by atoms with Gasteiger partial charge < -0.3 is 10.4 Å². The van der Waals surface area contributed by atoms with Crippen molar-refractivity contribution in [1.29, 1.82) is 0 Å². The zero-order chi connectivity index (χ0) is 14.1. The van der Waals surface area contributed by atoms with Crippen LogP contribution < -0.4 is 5.32 Å². The van der Waals surface area contributed by atoms with Gasteiger partial charge in [0.25, 0.3) is 0 Å². The lowest BCUT2D eigenvalue weighted by atomic mass is 10.3. The van der Waals surface area contributed by atoms with Crippen molar-refractivity contribution >= 4 is 27.8 Å². The lowest BCUT2D eigenvalue weighted by Crippen LogP contribution is -2.36. The molecule has 1 rings (SSSR count). The highest BCUT2D eigenvalue weighted by Gasteiger charge is 2.38. The van der Waals surface area contributed by atoms with Crippen LogP contribution in [0.3, 0.4) is 0 Å². The molecule has 0 aliphatic heterocycles. The number of carboxylic acids is 1. The Morgan fingerprint density at radius 3 is 2.44 bits per heavy atom. The van der Waals surface area contributed by atoms with Crippen LogP contribution in [0.1, 0.15) is 16.2 Å². The van der Waals surface area contributed by atoms with E-state index in [0.717, 1.165) is 4.68 Å². The number of aromatic nitrogens is 2. The van der Waals surface area contributed by atoms with Crippen molar-refractivity contribution in [3.63, 3.8) is 0 Å². The van der Waals surface area contributed by atoms with Crippen molar-refractivity contribution in [1.82, 2.24) is 15.1 Å². The van der Waals surface area contributed by atoms with Gasteiger partial charge in [0.2, 0.25) is 0 Å². The van der Waals surface area contributed by atoms with Gasteiger partial charge in [-0.2, -0.15) is 18.3 Å². The monoisotopic (exact) mass is 329 g/mol. The van der Waals surface area contributed by atoms with Gasteiger partial charge in [0.15, 0.2) is 5.69 Å². The van der Waals surface area contributed by atoms with E-state index in [1.165, 1.54) is 7.05 Å². The molecule has 0 aliphatic rings. The van der Waals surface area contributed by atoms with Gasteiger partial charge in [-0.1, -0.05) is 0 Å². The molecule has 6 nitrogen and oxygen atoms in total. The molecule has 1 heterocycles. The van der Waals surface area contributed by atoms with Crippen LogP contribution in [-0.2, 0) is 18.4 Å². The molecule has 2 N–H and O–H groups in total. The summed E-state index contributed by atoms with van der Waals surface area (Å²) in [6, 6.07) is 0. The van der Waals surface area contributed by atoms with Crippen molar-refractivity contribution in [3.8, 4) is 0 Å². The van der Waals surface area contributed by atoms with E-state index < -0.39 is 24.6 Å². The molecule has 0 aromatic carbocycles. The highest BCUT2D eigenvalue weighted by Crippen LogP contribution is 2.21. The maximum atomic E-state index is 11.9. The second-order valence-electron chi connectivity index (χ2n) is 3.22. The molecule has 0 spiro atoms. The third-order valence-electron chi connectivity index (χ3n) is 1.93. The number of alkyl halides is 3. The molecule has 1 aromatic heterocycles. The smallest absolute Gasteiger partial charge is 0.471 e. The lowest BCUT2D eigenvalue weighted by molar-refractivity contribution is -0.173. The summed E-state index contributed by atoms with van der Waals surface area (Å²) in [4.78, 5) is 21.4. The van der Waals surface area contributed by atoms with E-state index in [4.69, 9.17) is 5.11 Å². The van der Waals surface area contributed by atoms with E-state index in [9.17, 15) is 22.8 Å². The van der Waals surface area contributed by atoms with E-state index in [1.807, 2.05) is 0 Å². The zero-order valence-corrected chi connectivity index (χ0v) is 10.5. The number of rotatable bonds is 3. The molecule has 0 bridgehead atoms. The maximum absolute atomic E-state index is 11.9. The van der Waals surface area contributed by atoms with Gasteiger partial charge in [-0.3, -0.25) is 9.48 Å². The van der Waals surface area contributed by atoms with Crippen LogP contribution in [0.15, 0.2) is 4.47 Å². The molecular weight excluding hydrogens is 323 g/mol. The van der Waals surface area contributed by atoms with Crippen LogP contribution in [0, 0.1) is 0 Å². The molecule has 0 unspecified atom stereocenters. The van der Waals surface area contributed by atoms with Gasteiger partial charge in [0.1, 0.15) is 0 Å². The van der Waals surface area contributed by atoms with E-state index in [-0.39, 0.29) is 15.9 Å². The van der Waals surface area contributed by atoms with Gasteiger partial charge in [0.05, 0.1) is 16.7 Å². The maximum Gasteiger partial charge on any atom is 0.471 e. The predicted molar refractivity (Wildman–Crippen MR) is 55.8 cm³/mol. The van der Waals surface area contributed by atoms with Crippen LogP contribution in [-0.4, -0.2) is 32.9 Å². The van der Waals surface area contributed by atoms with Crippen molar-refractivity contribution in [2.45, 2.75) is 12.7 Å². The van der Waals surface area contributed by atoms with Crippen LogP contribution in [0.5, 0.6) is 0 Å². The number of hydrogen-bond acceptors (Lipinski definition) is 3. The first-order valence-corrected chi connectivity index (χ1v) is 5.23. The lowest BCUT2D eigenvalue weighted by Gasteiger charge is -2.06. The van der Waals surface area contributed by atoms with Gasteiger partial charge in [-0.15, -0.1) is 0 Å². The Morgan fingerprint density at radius 1 is 1.50 bits per heavy atom. The number of carbonyl (C=O) groups is 2. The van der Waals surface area contributed by atoms with Gasteiger partial charge in [-0.25, -0.2) is 4.79 Å². The van der Waals surface area contributed by atoms with Crippen LogP contribution in [0.25, 0.3) is 0 Å². The molecule has 0 aliphatic carbocycles. The summed E-state index contributed by atoms with van der Waals surface area (Å²) in [6.45, 7) is -0.528. The topological polar surface area (TPSA) is 84.2 Å². The number of carbonyl (C=O) groups excluding carboxylic acids is 1. The average Bonchev–Trinajstić information content (AvgIpc) is 2.48. The normalized spacial score (nSPS) is 11.4. The number of nitrogens with one attached hydrogen (secondary N) is 1. The number of amides is 1. The SMILES string of the molecule is Cn1nc(CNC(=O)C(F)(F)F)c(Br)c1C(=O)O. The summed E-state index contributed by atoms with van der Waals surface area (Å²) in [5.74, 6) is -3.40. The molecule has 1 aromatic rings. The summed E-state index contributed by atoms with van der Waals surface area (Å²) < 4.78 is 36.8. The minimum atomic E-state index is -4.99. The fourth-order valence-corrected chi connectivity index (χ4v) is 1.81. The molecule has 0 atom stereocenters. The Hall–Kier alpha value is -1.58. The number of aryl methyl sites for hydroxylation is 1. The molecule has 18 heavy (non-hydrogen) atoms. The highest BCUT2D eigenvalue weighted by molar-refractivity contribution is 9.10. The first-order valence-electron chi connectivity index (χ1n) is 4.44. The molecule has 0 radical (unpaired) electrons. The number of nitrogens with zero attached hydrogens (tertiary/aromatic N) is 2.